The SMILES string of the molecule is Cc1ccc(CNCC(O)COc2c(Cl)cccc2Cl)s1. The van der Waals surface area contributed by atoms with Crippen molar-refractivity contribution in [1.82, 2.24) is 5.32 Å². The molecule has 1 aromatic carbocycles. The smallest absolute Gasteiger partial charge is 0.156 e. The van der Waals surface area contributed by atoms with Crippen molar-refractivity contribution in [2.75, 3.05) is 13.2 Å². The van der Waals surface area contributed by atoms with Crippen LogP contribution < -0.4 is 10.1 Å². The number of rotatable bonds is 7. The van der Waals surface area contributed by atoms with E-state index in [1.807, 2.05) is 0 Å². The van der Waals surface area contributed by atoms with E-state index in [4.69, 9.17) is 27.9 Å². The van der Waals surface area contributed by atoms with Gasteiger partial charge in [-0.3, -0.25) is 0 Å². The Bertz CT molecular complexity index is 569. The summed E-state index contributed by atoms with van der Waals surface area (Å²) in [4.78, 5) is 2.53. The van der Waals surface area contributed by atoms with Gasteiger partial charge in [0, 0.05) is 22.8 Å². The summed E-state index contributed by atoms with van der Waals surface area (Å²) in [6.07, 6.45) is -0.626. The average Bonchev–Trinajstić information content (AvgIpc) is 2.84. The molecule has 0 aliphatic carbocycles. The first-order chi connectivity index (χ1) is 10.1. The highest BCUT2D eigenvalue weighted by Crippen LogP contribution is 2.32. The summed E-state index contributed by atoms with van der Waals surface area (Å²) in [6.45, 7) is 3.39. The van der Waals surface area contributed by atoms with Crippen molar-refractivity contribution in [2.45, 2.75) is 19.6 Å². The quantitative estimate of drug-likeness (QED) is 0.799. The Balaban J connectivity index is 1.73. The summed E-state index contributed by atoms with van der Waals surface area (Å²) in [6, 6.07) is 9.32. The molecule has 6 heteroatoms. The Kier molecular flexibility index (Phi) is 6.33. The number of hydrogen-bond acceptors (Lipinski definition) is 4. The lowest BCUT2D eigenvalue weighted by Crippen LogP contribution is -2.31. The maximum absolute atomic E-state index is 9.91. The van der Waals surface area contributed by atoms with Crippen LogP contribution in [0, 0.1) is 6.92 Å². The maximum Gasteiger partial charge on any atom is 0.156 e. The minimum Gasteiger partial charge on any atom is -0.488 e. The number of aliphatic hydroxyl groups is 1. The van der Waals surface area contributed by atoms with E-state index in [9.17, 15) is 5.11 Å². The second-order valence-electron chi connectivity index (χ2n) is 4.66. The molecule has 1 aromatic heterocycles. The van der Waals surface area contributed by atoms with E-state index in [2.05, 4.69) is 24.4 Å². The third kappa shape index (κ3) is 5.16. The largest absolute Gasteiger partial charge is 0.488 e. The van der Waals surface area contributed by atoms with Gasteiger partial charge >= 0.3 is 0 Å². The molecule has 0 bridgehead atoms. The zero-order valence-electron chi connectivity index (χ0n) is 11.6. The molecule has 21 heavy (non-hydrogen) atoms. The summed E-state index contributed by atoms with van der Waals surface area (Å²) in [5, 5.41) is 14.0. The molecule has 0 saturated heterocycles. The van der Waals surface area contributed by atoms with Crippen LogP contribution in [0.3, 0.4) is 0 Å². The fourth-order valence-electron chi connectivity index (χ4n) is 1.80. The highest BCUT2D eigenvalue weighted by molar-refractivity contribution is 7.11. The van der Waals surface area contributed by atoms with Gasteiger partial charge in [0.15, 0.2) is 5.75 Å². The number of aliphatic hydroxyl groups excluding tert-OH is 1. The molecule has 3 nitrogen and oxygen atoms in total. The van der Waals surface area contributed by atoms with Crippen LogP contribution in [0.5, 0.6) is 5.75 Å². The fraction of sp³-hybridized carbons (Fsp3) is 0.333. The minimum absolute atomic E-state index is 0.139. The van der Waals surface area contributed by atoms with Crippen molar-refractivity contribution in [3.05, 3.63) is 50.1 Å². The van der Waals surface area contributed by atoms with Crippen LogP contribution >= 0.6 is 34.5 Å². The monoisotopic (exact) mass is 345 g/mol. The topological polar surface area (TPSA) is 41.5 Å². The summed E-state index contributed by atoms with van der Waals surface area (Å²) in [5.74, 6) is 0.411. The number of benzene rings is 1. The first-order valence-electron chi connectivity index (χ1n) is 6.57. The van der Waals surface area contributed by atoms with Crippen molar-refractivity contribution < 1.29 is 9.84 Å². The van der Waals surface area contributed by atoms with Crippen molar-refractivity contribution >= 4 is 34.5 Å². The highest BCUT2D eigenvalue weighted by Gasteiger charge is 2.10. The molecule has 0 saturated carbocycles. The van der Waals surface area contributed by atoms with Crippen LogP contribution in [0.25, 0.3) is 0 Å². The first kappa shape index (κ1) is 16.6. The van der Waals surface area contributed by atoms with Gasteiger partial charge in [-0.15, -0.1) is 11.3 Å². The molecule has 114 valence electrons. The summed E-state index contributed by atoms with van der Waals surface area (Å²) in [7, 11) is 0. The molecule has 2 rings (SSSR count). The zero-order chi connectivity index (χ0) is 15.2. The predicted octanol–water partition coefficient (Wildman–Crippen LogP) is 3.89. The van der Waals surface area contributed by atoms with Crippen molar-refractivity contribution in [2.24, 2.45) is 0 Å². The van der Waals surface area contributed by atoms with E-state index in [1.54, 1.807) is 29.5 Å². The third-order valence-electron chi connectivity index (χ3n) is 2.81. The Hall–Kier alpha value is -0.780. The molecule has 2 aromatic rings. The third-order valence-corrected chi connectivity index (χ3v) is 4.41. The molecule has 0 fully saturated rings. The van der Waals surface area contributed by atoms with Gasteiger partial charge < -0.3 is 15.2 Å². The summed E-state index contributed by atoms with van der Waals surface area (Å²) >= 11 is 13.7. The molecule has 2 N–H and O–H groups in total. The maximum atomic E-state index is 9.91. The van der Waals surface area contributed by atoms with E-state index in [0.717, 1.165) is 6.54 Å². The summed E-state index contributed by atoms with van der Waals surface area (Å²) < 4.78 is 5.48. The molecule has 1 heterocycles. The zero-order valence-corrected chi connectivity index (χ0v) is 13.9. The van der Waals surface area contributed by atoms with Gasteiger partial charge in [-0.2, -0.15) is 0 Å². The van der Waals surface area contributed by atoms with Crippen LogP contribution in [-0.4, -0.2) is 24.4 Å². The molecular formula is C15H17Cl2NO2S. The van der Waals surface area contributed by atoms with Crippen LogP contribution in [0.15, 0.2) is 30.3 Å². The number of hydrogen-bond donors (Lipinski definition) is 2. The van der Waals surface area contributed by atoms with E-state index in [-0.39, 0.29) is 6.61 Å². The lowest BCUT2D eigenvalue weighted by molar-refractivity contribution is 0.106. The second-order valence-corrected chi connectivity index (χ2v) is 6.85. The number of nitrogens with one attached hydrogen (secondary N) is 1. The lowest BCUT2D eigenvalue weighted by atomic mass is 10.3. The number of aryl methyl sites for hydroxylation is 1. The van der Waals surface area contributed by atoms with E-state index in [0.29, 0.717) is 22.3 Å². The Labute approximate surface area is 138 Å². The van der Waals surface area contributed by atoms with Crippen LogP contribution in [0.1, 0.15) is 9.75 Å². The second kappa shape index (κ2) is 8.01. The van der Waals surface area contributed by atoms with Crippen LogP contribution in [0.2, 0.25) is 10.0 Å². The molecule has 0 amide bonds. The lowest BCUT2D eigenvalue weighted by Gasteiger charge is -2.14. The fourth-order valence-corrected chi connectivity index (χ4v) is 3.17. The van der Waals surface area contributed by atoms with E-state index < -0.39 is 6.10 Å². The number of para-hydroxylation sites is 1. The average molecular weight is 346 g/mol. The first-order valence-corrected chi connectivity index (χ1v) is 8.14. The molecule has 1 atom stereocenters. The molecule has 0 aliphatic heterocycles. The van der Waals surface area contributed by atoms with Gasteiger partial charge in [-0.25, -0.2) is 0 Å². The van der Waals surface area contributed by atoms with Gasteiger partial charge in [0.25, 0.3) is 0 Å². The van der Waals surface area contributed by atoms with E-state index in [1.165, 1.54) is 9.75 Å². The van der Waals surface area contributed by atoms with Gasteiger partial charge in [-0.1, -0.05) is 29.3 Å². The van der Waals surface area contributed by atoms with E-state index >= 15 is 0 Å². The van der Waals surface area contributed by atoms with Gasteiger partial charge in [-0.05, 0) is 31.2 Å². The van der Waals surface area contributed by atoms with Gasteiger partial charge in [0.1, 0.15) is 12.7 Å². The highest BCUT2D eigenvalue weighted by atomic mass is 35.5. The normalized spacial score (nSPS) is 12.4. The molecule has 0 aliphatic rings. The van der Waals surface area contributed by atoms with Crippen molar-refractivity contribution in [3.8, 4) is 5.75 Å². The molecule has 0 spiro atoms. The molecule has 0 radical (unpaired) electrons. The number of halogens is 2. The van der Waals surface area contributed by atoms with Crippen molar-refractivity contribution in [3.63, 3.8) is 0 Å². The number of ether oxygens (including phenoxy) is 1. The summed E-state index contributed by atoms with van der Waals surface area (Å²) in [5.41, 5.74) is 0. The van der Waals surface area contributed by atoms with Crippen LogP contribution in [-0.2, 0) is 6.54 Å². The minimum atomic E-state index is -0.626. The van der Waals surface area contributed by atoms with Crippen LogP contribution in [0.4, 0.5) is 0 Å². The van der Waals surface area contributed by atoms with Crippen molar-refractivity contribution in [1.29, 1.82) is 0 Å². The molecular weight excluding hydrogens is 329 g/mol. The molecule has 1 unspecified atom stereocenters. The Morgan fingerprint density at radius 2 is 1.95 bits per heavy atom. The Morgan fingerprint density at radius 3 is 2.57 bits per heavy atom. The Morgan fingerprint density at radius 1 is 1.24 bits per heavy atom. The van der Waals surface area contributed by atoms with Gasteiger partial charge in [0.05, 0.1) is 10.0 Å². The number of thiophene rings is 1. The standard InChI is InChI=1S/C15H17Cl2NO2S/c1-10-5-6-12(21-10)8-18-7-11(19)9-20-15-13(16)3-2-4-14(15)17/h2-6,11,18-19H,7-9H2,1H3. The van der Waals surface area contributed by atoms with Gasteiger partial charge in [0.2, 0.25) is 0 Å². The predicted molar refractivity (Wildman–Crippen MR) is 88.7 cm³/mol.